The molecular formula is C69H112O6. The lowest BCUT2D eigenvalue weighted by Crippen LogP contribution is -2.30. The quantitative estimate of drug-likeness (QED) is 0.0261. The van der Waals surface area contributed by atoms with Crippen molar-refractivity contribution >= 4 is 17.9 Å². The van der Waals surface area contributed by atoms with Gasteiger partial charge in [-0.2, -0.15) is 0 Å². The number of hydrogen-bond donors (Lipinski definition) is 0. The van der Waals surface area contributed by atoms with E-state index in [0.717, 1.165) is 173 Å². The van der Waals surface area contributed by atoms with Gasteiger partial charge >= 0.3 is 17.9 Å². The summed E-state index contributed by atoms with van der Waals surface area (Å²) in [5, 5.41) is 0. The molecule has 1 unspecified atom stereocenters. The molecule has 0 amide bonds. The van der Waals surface area contributed by atoms with E-state index in [-0.39, 0.29) is 31.1 Å². The van der Waals surface area contributed by atoms with E-state index in [1.54, 1.807) is 0 Å². The molecule has 0 radical (unpaired) electrons. The third-order valence-electron chi connectivity index (χ3n) is 12.6. The molecule has 1 atom stereocenters. The predicted molar refractivity (Wildman–Crippen MR) is 325 cm³/mol. The fourth-order valence-electron chi connectivity index (χ4n) is 8.01. The molecule has 6 heteroatoms. The van der Waals surface area contributed by atoms with Crippen molar-refractivity contribution in [3.63, 3.8) is 0 Å². The highest BCUT2D eigenvalue weighted by Crippen LogP contribution is 2.14. The van der Waals surface area contributed by atoms with Crippen molar-refractivity contribution in [3.8, 4) is 0 Å². The smallest absolute Gasteiger partial charge is 0.306 e. The summed E-state index contributed by atoms with van der Waals surface area (Å²) in [6.45, 7) is 6.43. The van der Waals surface area contributed by atoms with Crippen LogP contribution in [-0.2, 0) is 28.6 Å². The fourth-order valence-corrected chi connectivity index (χ4v) is 8.01. The van der Waals surface area contributed by atoms with E-state index in [2.05, 4.69) is 154 Å². The highest BCUT2D eigenvalue weighted by atomic mass is 16.6. The number of hydrogen-bond acceptors (Lipinski definition) is 6. The Labute approximate surface area is 462 Å². The molecule has 0 rings (SSSR count). The molecule has 0 aliphatic carbocycles. The van der Waals surface area contributed by atoms with Gasteiger partial charge in [0.05, 0.1) is 0 Å². The van der Waals surface area contributed by atoms with Crippen LogP contribution in [0.25, 0.3) is 0 Å². The maximum absolute atomic E-state index is 12.9. The van der Waals surface area contributed by atoms with Crippen LogP contribution in [0.5, 0.6) is 0 Å². The summed E-state index contributed by atoms with van der Waals surface area (Å²) in [7, 11) is 0. The van der Waals surface area contributed by atoms with E-state index in [4.69, 9.17) is 14.2 Å². The number of esters is 3. The molecule has 0 aromatic carbocycles. The van der Waals surface area contributed by atoms with Gasteiger partial charge in [0.25, 0.3) is 0 Å². The SMILES string of the molecule is CC/C=C\C/C=C\C/C=C\C/C=C\C/C=C\C/C=C\C/C=C\CCCCCCCC(=O)OCC(COC(=O)CCCCCCC/C=C\C/C=C\CCCCC)OC(=O)CCCCCCC/C=C\C/C=C\CCCCC. The summed E-state index contributed by atoms with van der Waals surface area (Å²) in [5.74, 6) is -0.948. The molecule has 0 bridgehead atoms. The number of carbonyl (C=O) groups is 3. The molecule has 75 heavy (non-hydrogen) atoms. The first-order valence-corrected chi connectivity index (χ1v) is 30.7. The van der Waals surface area contributed by atoms with Crippen LogP contribution >= 0.6 is 0 Å². The largest absolute Gasteiger partial charge is 0.462 e. The molecule has 0 aliphatic heterocycles. The first kappa shape index (κ1) is 70.5. The molecule has 0 spiro atoms. The van der Waals surface area contributed by atoms with Crippen molar-refractivity contribution in [2.24, 2.45) is 0 Å². The summed E-state index contributed by atoms with van der Waals surface area (Å²) in [5.41, 5.74) is 0. The van der Waals surface area contributed by atoms with Gasteiger partial charge in [-0.25, -0.2) is 0 Å². The third-order valence-corrected chi connectivity index (χ3v) is 12.6. The summed E-state index contributed by atoms with van der Waals surface area (Å²) >= 11 is 0. The molecule has 0 saturated heterocycles. The van der Waals surface area contributed by atoms with Crippen LogP contribution in [0.2, 0.25) is 0 Å². The first-order valence-electron chi connectivity index (χ1n) is 30.7. The lowest BCUT2D eigenvalue weighted by Gasteiger charge is -2.18. The average Bonchev–Trinajstić information content (AvgIpc) is 3.41. The zero-order valence-electron chi connectivity index (χ0n) is 48.5. The van der Waals surface area contributed by atoms with Crippen LogP contribution in [0.1, 0.15) is 265 Å². The summed E-state index contributed by atoms with van der Waals surface area (Å²) in [6.07, 6.45) is 87.3. The van der Waals surface area contributed by atoms with Crippen LogP contribution in [0.3, 0.4) is 0 Å². The monoisotopic (exact) mass is 1040 g/mol. The number of unbranched alkanes of at least 4 members (excludes halogenated alkanes) is 21. The normalized spacial score (nSPS) is 13.1. The van der Waals surface area contributed by atoms with E-state index >= 15 is 0 Å². The minimum absolute atomic E-state index is 0.101. The van der Waals surface area contributed by atoms with Crippen LogP contribution in [0.15, 0.2) is 134 Å². The Kier molecular flexibility index (Phi) is 58.4. The third kappa shape index (κ3) is 60.3. The highest BCUT2D eigenvalue weighted by Gasteiger charge is 2.19. The molecule has 0 aliphatic rings. The summed E-state index contributed by atoms with van der Waals surface area (Å²) < 4.78 is 16.9. The lowest BCUT2D eigenvalue weighted by atomic mass is 10.1. The van der Waals surface area contributed by atoms with Crippen LogP contribution in [-0.4, -0.2) is 37.2 Å². The Morgan fingerprint density at radius 1 is 0.280 bits per heavy atom. The van der Waals surface area contributed by atoms with Gasteiger partial charge in [-0.1, -0.05) is 238 Å². The molecule has 0 aromatic rings. The molecule has 424 valence electrons. The zero-order chi connectivity index (χ0) is 54.3. The van der Waals surface area contributed by atoms with Crippen LogP contribution in [0.4, 0.5) is 0 Å². The van der Waals surface area contributed by atoms with Gasteiger partial charge in [0.15, 0.2) is 6.10 Å². The molecule has 0 heterocycles. The lowest BCUT2D eigenvalue weighted by molar-refractivity contribution is -0.167. The van der Waals surface area contributed by atoms with Crippen molar-refractivity contribution in [3.05, 3.63) is 134 Å². The molecule has 0 saturated carbocycles. The van der Waals surface area contributed by atoms with E-state index in [1.807, 2.05) is 0 Å². The maximum Gasteiger partial charge on any atom is 0.306 e. The number of allylic oxidation sites excluding steroid dienone is 22. The molecule has 6 nitrogen and oxygen atoms in total. The highest BCUT2D eigenvalue weighted by molar-refractivity contribution is 5.71. The Balaban J connectivity index is 4.43. The molecular weight excluding hydrogens is 925 g/mol. The molecule has 0 N–H and O–H groups in total. The average molecular weight is 1040 g/mol. The van der Waals surface area contributed by atoms with Gasteiger partial charge in [-0.3, -0.25) is 14.4 Å². The molecule has 0 fully saturated rings. The van der Waals surface area contributed by atoms with Gasteiger partial charge in [0.2, 0.25) is 0 Å². The Bertz CT molecular complexity index is 1620. The number of rotatable bonds is 54. The Morgan fingerprint density at radius 2 is 0.520 bits per heavy atom. The zero-order valence-corrected chi connectivity index (χ0v) is 48.5. The first-order chi connectivity index (χ1) is 37.0. The maximum atomic E-state index is 12.9. The Hall–Kier alpha value is -4.45. The van der Waals surface area contributed by atoms with Gasteiger partial charge in [-0.05, 0) is 141 Å². The standard InChI is InChI=1S/C69H112O6/c1-4-7-10-13-16-19-22-25-28-29-30-31-32-33-34-35-36-37-38-39-42-44-47-50-53-56-59-62-68(71)74-65-66(75-69(72)63-60-57-54-51-48-45-41-27-24-21-18-15-12-9-6-3)64-73-67(70)61-58-55-52-49-46-43-40-26-23-20-17-14-11-8-5-2/h7,10,16-21,25-28,30-31,33-34,36-37,39-42,66H,4-6,8-9,11-15,22-24,29,32,35,38,43-65H2,1-3H3/b10-7-,19-16-,20-17-,21-18-,28-25-,31-30-,34-33-,37-36-,40-26-,41-27-,42-39-. The van der Waals surface area contributed by atoms with Crippen molar-refractivity contribution < 1.29 is 28.6 Å². The fraction of sp³-hybridized carbons (Fsp3) is 0.638. The van der Waals surface area contributed by atoms with E-state index < -0.39 is 6.10 Å². The van der Waals surface area contributed by atoms with Crippen molar-refractivity contribution in [2.75, 3.05) is 13.2 Å². The predicted octanol–water partition coefficient (Wildman–Crippen LogP) is 21.0. The van der Waals surface area contributed by atoms with Crippen LogP contribution < -0.4 is 0 Å². The van der Waals surface area contributed by atoms with Crippen molar-refractivity contribution in [2.45, 2.75) is 271 Å². The number of ether oxygens (including phenoxy) is 3. The summed E-state index contributed by atoms with van der Waals surface area (Å²) in [4.78, 5) is 38.2. The second kappa shape index (κ2) is 62.1. The minimum Gasteiger partial charge on any atom is -0.462 e. The van der Waals surface area contributed by atoms with Gasteiger partial charge in [0, 0.05) is 19.3 Å². The minimum atomic E-state index is -0.805. The van der Waals surface area contributed by atoms with Gasteiger partial charge < -0.3 is 14.2 Å². The van der Waals surface area contributed by atoms with Crippen molar-refractivity contribution in [1.82, 2.24) is 0 Å². The van der Waals surface area contributed by atoms with E-state index in [0.29, 0.717) is 19.3 Å². The number of carbonyl (C=O) groups excluding carboxylic acids is 3. The topological polar surface area (TPSA) is 78.9 Å². The van der Waals surface area contributed by atoms with Crippen molar-refractivity contribution in [1.29, 1.82) is 0 Å². The van der Waals surface area contributed by atoms with E-state index in [9.17, 15) is 14.4 Å². The van der Waals surface area contributed by atoms with Gasteiger partial charge in [-0.15, -0.1) is 0 Å². The second-order valence-electron chi connectivity index (χ2n) is 19.9. The van der Waals surface area contributed by atoms with E-state index in [1.165, 1.54) is 51.4 Å². The Morgan fingerprint density at radius 3 is 0.813 bits per heavy atom. The molecule has 0 aromatic heterocycles. The van der Waals surface area contributed by atoms with Crippen LogP contribution in [0, 0.1) is 0 Å². The second-order valence-corrected chi connectivity index (χ2v) is 19.9. The van der Waals surface area contributed by atoms with Gasteiger partial charge in [0.1, 0.15) is 13.2 Å². The summed E-state index contributed by atoms with van der Waals surface area (Å²) in [6, 6.07) is 0.